The lowest BCUT2D eigenvalue weighted by Gasteiger charge is -2.36. The maximum absolute atomic E-state index is 13.2. The van der Waals surface area contributed by atoms with Crippen molar-refractivity contribution in [1.29, 1.82) is 0 Å². The first-order valence-electron chi connectivity index (χ1n) is 12.2. The van der Waals surface area contributed by atoms with Crippen molar-refractivity contribution in [2.24, 2.45) is 11.3 Å². The fourth-order valence-electron chi connectivity index (χ4n) is 5.44. The van der Waals surface area contributed by atoms with Gasteiger partial charge in [0.25, 0.3) is 5.91 Å². The van der Waals surface area contributed by atoms with E-state index in [-0.39, 0.29) is 17.2 Å². The van der Waals surface area contributed by atoms with Crippen LogP contribution in [0.15, 0.2) is 66.7 Å². The Hall–Kier alpha value is -2.92. The van der Waals surface area contributed by atoms with Crippen LogP contribution in [0.25, 0.3) is 6.08 Å². The first-order chi connectivity index (χ1) is 16.1. The Kier molecular flexibility index (Phi) is 6.32. The molecule has 3 aliphatic rings. The molecule has 5 heteroatoms. The van der Waals surface area contributed by atoms with Gasteiger partial charge in [-0.05, 0) is 42.4 Å². The van der Waals surface area contributed by atoms with Crippen LogP contribution in [0.2, 0.25) is 0 Å². The van der Waals surface area contributed by atoms with Gasteiger partial charge in [0.1, 0.15) is 0 Å². The molecular weight excluding hydrogens is 410 g/mol. The molecule has 0 aromatic heterocycles. The average Bonchev–Trinajstić information content (AvgIpc) is 3.58. The number of carbonyl (C=O) groups is 2. The van der Waals surface area contributed by atoms with Crippen molar-refractivity contribution in [3.8, 4) is 0 Å². The quantitative estimate of drug-likeness (QED) is 0.706. The molecule has 1 spiro atoms. The third kappa shape index (κ3) is 4.88. The van der Waals surface area contributed by atoms with Gasteiger partial charge in [-0.3, -0.25) is 14.5 Å². The van der Waals surface area contributed by atoms with E-state index in [1.54, 1.807) is 0 Å². The van der Waals surface area contributed by atoms with E-state index in [0.29, 0.717) is 5.91 Å². The zero-order valence-electron chi connectivity index (χ0n) is 19.2. The molecule has 1 unspecified atom stereocenters. The van der Waals surface area contributed by atoms with Gasteiger partial charge in [0.15, 0.2) is 0 Å². The molecule has 0 bridgehead atoms. The van der Waals surface area contributed by atoms with Crippen molar-refractivity contribution >= 4 is 17.9 Å². The smallest absolute Gasteiger partial charge is 0.253 e. The number of benzene rings is 2. The van der Waals surface area contributed by atoms with Crippen molar-refractivity contribution in [1.82, 2.24) is 14.7 Å². The number of piperazine rings is 1. The van der Waals surface area contributed by atoms with E-state index < -0.39 is 0 Å². The minimum Gasteiger partial charge on any atom is -0.340 e. The second-order valence-electron chi connectivity index (χ2n) is 9.72. The summed E-state index contributed by atoms with van der Waals surface area (Å²) in [5, 5.41) is 0. The summed E-state index contributed by atoms with van der Waals surface area (Å²) in [6.45, 7) is 5.97. The van der Waals surface area contributed by atoms with E-state index in [1.807, 2.05) is 41.3 Å². The normalized spacial score (nSPS) is 22.6. The van der Waals surface area contributed by atoms with Crippen LogP contribution in [-0.4, -0.2) is 72.3 Å². The highest BCUT2D eigenvalue weighted by molar-refractivity contribution is 5.94. The van der Waals surface area contributed by atoms with Gasteiger partial charge in [-0.25, -0.2) is 0 Å². The fraction of sp³-hybridized carbons (Fsp3) is 0.429. The Labute approximate surface area is 196 Å². The predicted octanol–water partition coefficient (Wildman–Crippen LogP) is 3.79. The minimum absolute atomic E-state index is 0.117. The van der Waals surface area contributed by atoms with Crippen LogP contribution in [0.4, 0.5) is 0 Å². The number of hydrogen-bond donors (Lipinski definition) is 0. The SMILES string of the molecule is O=C(c1ccccc1)N1CCC2(CC1)CC2C(=O)N1CCN(C/C=C/c2ccccc2)CC1. The van der Waals surface area contributed by atoms with Gasteiger partial charge in [-0.1, -0.05) is 60.7 Å². The number of nitrogens with zero attached hydrogens (tertiary/aromatic N) is 3. The highest BCUT2D eigenvalue weighted by Crippen LogP contribution is 2.60. The van der Waals surface area contributed by atoms with E-state index in [4.69, 9.17) is 0 Å². The summed E-state index contributed by atoms with van der Waals surface area (Å²) in [7, 11) is 0. The van der Waals surface area contributed by atoms with Gasteiger partial charge >= 0.3 is 0 Å². The Balaban J connectivity index is 1.06. The molecule has 2 aromatic carbocycles. The van der Waals surface area contributed by atoms with Crippen molar-refractivity contribution in [3.05, 3.63) is 77.9 Å². The Morgan fingerprint density at radius 2 is 1.45 bits per heavy atom. The number of likely N-dealkylation sites (tertiary alicyclic amines) is 1. The molecule has 0 radical (unpaired) electrons. The van der Waals surface area contributed by atoms with Gasteiger partial charge in [0, 0.05) is 57.3 Å². The zero-order chi connectivity index (χ0) is 22.7. The van der Waals surface area contributed by atoms with E-state index in [2.05, 4.69) is 46.2 Å². The molecule has 172 valence electrons. The lowest BCUT2D eigenvalue weighted by atomic mass is 9.90. The van der Waals surface area contributed by atoms with E-state index in [9.17, 15) is 9.59 Å². The van der Waals surface area contributed by atoms with Crippen molar-refractivity contribution in [2.45, 2.75) is 19.3 Å². The molecule has 2 amide bonds. The van der Waals surface area contributed by atoms with Gasteiger partial charge in [-0.15, -0.1) is 0 Å². The van der Waals surface area contributed by atoms with Crippen LogP contribution in [-0.2, 0) is 4.79 Å². The van der Waals surface area contributed by atoms with E-state index in [1.165, 1.54) is 5.56 Å². The molecule has 33 heavy (non-hydrogen) atoms. The molecule has 2 aromatic rings. The van der Waals surface area contributed by atoms with Gasteiger partial charge in [-0.2, -0.15) is 0 Å². The second-order valence-corrected chi connectivity index (χ2v) is 9.72. The van der Waals surface area contributed by atoms with Crippen molar-refractivity contribution in [2.75, 3.05) is 45.8 Å². The molecule has 1 atom stereocenters. The monoisotopic (exact) mass is 443 g/mol. The molecule has 5 rings (SSSR count). The topological polar surface area (TPSA) is 43.9 Å². The summed E-state index contributed by atoms with van der Waals surface area (Å²) in [5.74, 6) is 0.625. The third-order valence-electron chi connectivity index (χ3n) is 7.71. The van der Waals surface area contributed by atoms with Crippen LogP contribution in [0.5, 0.6) is 0 Å². The Morgan fingerprint density at radius 3 is 2.12 bits per heavy atom. The molecule has 2 aliphatic heterocycles. The molecule has 1 aliphatic carbocycles. The molecule has 3 fully saturated rings. The average molecular weight is 444 g/mol. The first-order valence-corrected chi connectivity index (χ1v) is 12.2. The van der Waals surface area contributed by atoms with Crippen LogP contribution >= 0.6 is 0 Å². The van der Waals surface area contributed by atoms with Crippen LogP contribution < -0.4 is 0 Å². The summed E-state index contributed by atoms with van der Waals surface area (Å²) in [5.41, 5.74) is 2.12. The molecule has 5 nitrogen and oxygen atoms in total. The first kappa shape index (κ1) is 21.9. The van der Waals surface area contributed by atoms with E-state index >= 15 is 0 Å². The molecular formula is C28H33N3O2. The standard InChI is InChI=1S/C28H33N3O2/c32-26(24-11-5-2-6-12-24)30-16-13-28(14-17-30)22-25(28)27(33)31-20-18-29(19-21-31)15-7-10-23-8-3-1-4-9-23/h1-12,25H,13-22H2/b10-7+. The van der Waals surface area contributed by atoms with Gasteiger partial charge < -0.3 is 9.80 Å². The number of piperidine rings is 1. The number of rotatable bonds is 5. The summed E-state index contributed by atoms with van der Waals surface area (Å²) >= 11 is 0. The highest BCUT2D eigenvalue weighted by Gasteiger charge is 2.59. The van der Waals surface area contributed by atoms with Crippen LogP contribution in [0.3, 0.4) is 0 Å². The maximum atomic E-state index is 13.2. The predicted molar refractivity (Wildman–Crippen MR) is 131 cm³/mol. The molecule has 2 heterocycles. The number of hydrogen-bond acceptors (Lipinski definition) is 3. The summed E-state index contributed by atoms with van der Waals surface area (Å²) in [6, 6.07) is 19.9. The molecule has 2 saturated heterocycles. The van der Waals surface area contributed by atoms with Gasteiger partial charge in [0.2, 0.25) is 5.91 Å². The summed E-state index contributed by atoms with van der Waals surface area (Å²) in [6.07, 6.45) is 7.28. The van der Waals surface area contributed by atoms with E-state index in [0.717, 1.165) is 70.6 Å². The summed E-state index contributed by atoms with van der Waals surface area (Å²) < 4.78 is 0. The van der Waals surface area contributed by atoms with Crippen molar-refractivity contribution in [3.63, 3.8) is 0 Å². The zero-order valence-corrected chi connectivity index (χ0v) is 19.2. The highest BCUT2D eigenvalue weighted by atomic mass is 16.2. The van der Waals surface area contributed by atoms with Crippen LogP contribution in [0.1, 0.15) is 35.2 Å². The minimum atomic E-state index is 0.117. The summed E-state index contributed by atoms with van der Waals surface area (Å²) in [4.78, 5) is 32.4. The fourth-order valence-corrected chi connectivity index (χ4v) is 5.44. The lowest BCUT2D eigenvalue weighted by molar-refractivity contribution is -0.135. The van der Waals surface area contributed by atoms with Crippen LogP contribution in [0, 0.1) is 11.3 Å². The number of amides is 2. The largest absolute Gasteiger partial charge is 0.340 e. The molecule has 0 N–H and O–H groups in total. The third-order valence-corrected chi connectivity index (χ3v) is 7.71. The number of carbonyl (C=O) groups excluding carboxylic acids is 2. The maximum Gasteiger partial charge on any atom is 0.253 e. The Morgan fingerprint density at radius 1 is 0.818 bits per heavy atom. The van der Waals surface area contributed by atoms with Crippen molar-refractivity contribution < 1.29 is 9.59 Å². The van der Waals surface area contributed by atoms with Gasteiger partial charge in [0.05, 0.1) is 0 Å². The second kappa shape index (κ2) is 9.52. The Bertz CT molecular complexity index is 988. The molecule has 1 saturated carbocycles. The lowest BCUT2D eigenvalue weighted by Crippen LogP contribution is -2.49.